The Balaban J connectivity index is 2.11. The fourth-order valence-electron chi connectivity index (χ4n) is 1.42. The molecule has 0 bridgehead atoms. The Morgan fingerprint density at radius 1 is 1.29 bits per heavy atom. The Morgan fingerprint density at radius 3 is 2.52 bits per heavy atom. The van der Waals surface area contributed by atoms with Gasteiger partial charge >= 0.3 is 6.18 Å². The lowest BCUT2D eigenvalue weighted by Gasteiger charge is -2.06. The predicted octanol–water partition coefficient (Wildman–Crippen LogP) is 5.29. The van der Waals surface area contributed by atoms with Crippen molar-refractivity contribution in [2.24, 2.45) is 0 Å². The number of H-pyrrole nitrogens is 1. The lowest BCUT2D eigenvalue weighted by Crippen LogP contribution is -2.04. The van der Waals surface area contributed by atoms with Crippen molar-refractivity contribution in [3.05, 3.63) is 37.5 Å². The molecule has 0 radical (unpaired) electrons. The number of halogens is 5. The van der Waals surface area contributed by atoms with Gasteiger partial charge in [0.05, 0.1) is 5.56 Å². The molecule has 112 valence electrons. The first-order valence-electron chi connectivity index (χ1n) is 5.57. The predicted molar refractivity (Wildman–Crippen MR) is 93.7 cm³/mol. The first-order valence-corrected chi connectivity index (χ1v) is 8.88. The molecular formula is C12H8F3I2N3S. The van der Waals surface area contributed by atoms with E-state index in [9.17, 15) is 13.2 Å². The van der Waals surface area contributed by atoms with E-state index in [1.165, 1.54) is 27.5 Å². The van der Waals surface area contributed by atoms with E-state index < -0.39 is 11.7 Å². The summed E-state index contributed by atoms with van der Waals surface area (Å²) in [6.07, 6.45) is -4.33. The van der Waals surface area contributed by atoms with Crippen LogP contribution in [0.1, 0.15) is 5.56 Å². The Bertz CT molecular complexity index is 638. The Labute approximate surface area is 150 Å². The highest BCUT2D eigenvalue weighted by molar-refractivity contribution is 14.1. The highest BCUT2D eigenvalue weighted by Crippen LogP contribution is 2.30. The molecule has 2 aromatic rings. The van der Waals surface area contributed by atoms with Gasteiger partial charge in [0.25, 0.3) is 0 Å². The van der Waals surface area contributed by atoms with Crippen molar-refractivity contribution >= 4 is 56.9 Å². The maximum Gasteiger partial charge on any atom is 0.416 e. The van der Waals surface area contributed by atoms with Crippen molar-refractivity contribution < 1.29 is 13.2 Å². The largest absolute Gasteiger partial charge is 0.416 e. The summed E-state index contributed by atoms with van der Waals surface area (Å²) in [7, 11) is 0. The molecule has 2 rings (SSSR count). The van der Waals surface area contributed by atoms with E-state index in [1.54, 1.807) is 0 Å². The number of nitrogens with one attached hydrogen (secondary N) is 1. The number of aromatic amines is 1. The molecule has 0 spiro atoms. The van der Waals surface area contributed by atoms with Crippen LogP contribution in [0.4, 0.5) is 13.2 Å². The van der Waals surface area contributed by atoms with Crippen LogP contribution in [0.2, 0.25) is 0 Å². The van der Waals surface area contributed by atoms with E-state index in [4.69, 9.17) is 0 Å². The van der Waals surface area contributed by atoms with Crippen LogP contribution >= 0.6 is 56.9 Å². The van der Waals surface area contributed by atoms with Gasteiger partial charge in [-0.15, -0.1) is 5.10 Å². The smallest absolute Gasteiger partial charge is 0.258 e. The molecule has 0 aliphatic rings. The summed E-state index contributed by atoms with van der Waals surface area (Å²) in [5, 5.41) is 7.34. The van der Waals surface area contributed by atoms with Crippen LogP contribution in [-0.2, 0) is 6.18 Å². The third-order valence-electron chi connectivity index (χ3n) is 2.41. The molecule has 1 heterocycles. The van der Waals surface area contributed by atoms with Gasteiger partial charge in [0.15, 0.2) is 5.82 Å². The molecule has 1 aromatic heterocycles. The number of hydrogen-bond acceptors (Lipinski definition) is 3. The molecule has 9 heteroatoms. The van der Waals surface area contributed by atoms with Gasteiger partial charge in [0.1, 0.15) is 0 Å². The average molecular weight is 537 g/mol. The molecule has 1 N–H and O–H groups in total. The SMILES string of the molecule is FC(F)(F)c1ccc(-c2nc(SC/C(I)=C\I)n[nH]2)cc1. The van der Waals surface area contributed by atoms with Crippen LogP contribution in [0.5, 0.6) is 0 Å². The van der Waals surface area contributed by atoms with Gasteiger partial charge in [-0.25, -0.2) is 4.98 Å². The summed E-state index contributed by atoms with van der Waals surface area (Å²) in [4.78, 5) is 4.26. The number of thioether (sulfide) groups is 1. The number of nitrogens with zero attached hydrogens (tertiary/aromatic N) is 2. The quantitative estimate of drug-likeness (QED) is 0.426. The third kappa shape index (κ3) is 4.84. The second-order valence-electron chi connectivity index (χ2n) is 3.89. The molecule has 1 aromatic carbocycles. The average Bonchev–Trinajstić information content (AvgIpc) is 2.93. The van der Waals surface area contributed by atoms with Crippen molar-refractivity contribution in [2.75, 3.05) is 5.75 Å². The normalized spacial score (nSPS) is 12.7. The van der Waals surface area contributed by atoms with E-state index in [0.717, 1.165) is 17.9 Å². The zero-order valence-electron chi connectivity index (χ0n) is 10.3. The number of aromatic nitrogens is 3. The van der Waals surface area contributed by atoms with Crippen LogP contribution in [0.15, 0.2) is 37.1 Å². The summed E-state index contributed by atoms with van der Waals surface area (Å²) in [6, 6.07) is 4.83. The van der Waals surface area contributed by atoms with E-state index in [1.807, 2.05) is 4.08 Å². The Morgan fingerprint density at radius 2 is 1.95 bits per heavy atom. The van der Waals surface area contributed by atoms with Gasteiger partial charge in [-0.05, 0) is 38.8 Å². The molecule has 3 nitrogen and oxygen atoms in total. The van der Waals surface area contributed by atoms with Crippen LogP contribution in [0.25, 0.3) is 11.4 Å². The van der Waals surface area contributed by atoms with E-state index in [0.29, 0.717) is 16.5 Å². The van der Waals surface area contributed by atoms with Gasteiger partial charge in [0, 0.05) is 14.9 Å². The lowest BCUT2D eigenvalue weighted by atomic mass is 10.1. The Hall–Kier alpha value is -0.300. The molecule has 0 atom stereocenters. The van der Waals surface area contributed by atoms with Crippen molar-refractivity contribution in [2.45, 2.75) is 11.3 Å². The first-order chi connectivity index (χ1) is 9.90. The molecular weight excluding hydrogens is 529 g/mol. The lowest BCUT2D eigenvalue weighted by molar-refractivity contribution is -0.137. The van der Waals surface area contributed by atoms with Crippen molar-refractivity contribution in [3.8, 4) is 11.4 Å². The second-order valence-corrected chi connectivity index (χ2v) is 6.84. The van der Waals surface area contributed by atoms with E-state index >= 15 is 0 Å². The maximum atomic E-state index is 12.5. The van der Waals surface area contributed by atoms with Crippen LogP contribution in [0, 0.1) is 0 Å². The van der Waals surface area contributed by atoms with Crippen LogP contribution < -0.4 is 0 Å². The van der Waals surface area contributed by atoms with E-state index in [-0.39, 0.29) is 0 Å². The van der Waals surface area contributed by atoms with Crippen LogP contribution in [0.3, 0.4) is 0 Å². The summed E-state index contributed by atoms with van der Waals surface area (Å²) in [5.74, 6) is 1.22. The number of alkyl halides is 3. The minimum Gasteiger partial charge on any atom is -0.258 e. The molecule has 0 amide bonds. The first kappa shape index (κ1) is 17.1. The molecule has 0 saturated carbocycles. The van der Waals surface area contributed by atoms with Crippen LogP contribution in [-0.4, -0.2) is 20.9 Å². The number of benzene rings is 1. The molecule has 0 saturated heterocycles. The zero-order valence-corrected chi connectivity index (χ0v) is 15.4. The summed E-state index contributed by atoms with van der Waals surface area (Å²) in [6.45, 7) is 0. The number of hydrogen-bond donors (Lipinski definition) is 1. The van der Waals surface area contributed by atoms with Crippen molar-refractivity contribution in [3.63, 3.8) is 0 Å². The molecule has 0 unspecified atom stereocenters. The van der Waals surface area contributed by atoms with Gasteiger partial charge in [-0.2, -0.15) is 13.2 Å². The highest BCUT2D eigenvalue weighted by Gasteiger charge is 2.30. The molecule has 0 aliphatic carbocycles. The van der Waals surface area contributed by atoms with Gasteiger partial charge in [0.2, 0.25) is 5.16 Å². The minimum atomic E-state index is -4.33. The fourth-order valence-corrected chi connectivity index (χ4v) is 3.02. The second kappa shape index (κ2) is 7.31. The van der Waals surface area contributed by atoms with E-state index in [2.05, 4.69) is 60.4 Å². The standard InChI is InChI=1S/C12H8F3I2N3S/c13-12(14,15)8-3-1-7(2-4-8)10-18-11(20-19-10)21-6-9(17)5-16/h1-5H,6H2,(H,18,19,20)/b9-5+. The van der Waals surface area contributed by atoms with Gasteiger partial charge in [-0.1, -0.05) is 46.5 Å². The third-order valence-corrected chi connectivity index (χ3v) is 6.46. The summed E-state index contributed by atoms with van der Waals surface area (Å²) >= 11 is 5.84. The summed E-state index contributed by atoms with van der Waals surface area (Å²) < 4.78 is 40.6. The number of rotatable bonds is 4. The zero-order chi connectivity index (χ0) is 15.5. The highest BCUT2D eigenvalue weighted by atomic mass is 127. The van der Waals surface area contributed by atoms with Gasteiger partial charge < -0.3 is 0 Å². The summed E-state index contributed by atoms with van der Waals surface area (Å²) in [5.41, 5.74) is -0.108. The monoisotopic (exact) mass is 537 g/mol. The maximum absolute atomic E-state index is 12.5. The van der Waals surface area contributed by atoms with Crippen molar-refractivity contribution in [1.82, 2.24) is 15.2 Å². The molecule has 21 heavy (non-hydrogen) atoms. The topological polar surface area (TPSA) is 41.6 Å². The van der Waals surface area contributed by atoms with Gasteiger partial charge in [-0.3, -0.25) is 5.10 Å². The molecule has 0 aliphatic heterocycles. The fraction of sp³-hybridized carbons (Fsp3) is 0.167. The Kier molecular flexibility index (Phi) is 5.94. The van der Waals surface area contributed by atoms with Crippen molar-refractivity contribution in [1.29, 1.82) is 0 Å². The molecule has 0 fully saturated rings. The minimum absolute atomic E-state index is 0.458.